The second kappa shape index (κ2) is 9.29. The van der Waals surface area contributed by atoms with Gasteiger partial charge < -0.3 is 9.80 Å². The number of hydrogen-bond donors (Lipinski definition) is 0. The van der Waals surface area contributed by atoms with Crippen molar-refractivity contribution in [2.45, 2.75) is 26.9 Å². The Morgan fingerprint density at radius 3 is 2.35 bits per heavy atom. The van der Waals surface area contributed by atoms with E-state index in [2.05, 4.69) is 6.58 Å². The number of carbonyl (C=O) groups excluding carboxylic acids is 2. The van der Waals surface area contributed by atoms with E-state index in [4.69, 9.17) is 0 Å². The van der Waals surface area contributed by atoms with Crippen molar-refractivity contribution in [2.24, 2.45) is 0 Å². The van der Waals surface area contributed by atoms with E-state index in [1.807, 2.05) is 19.1 Å². The Bertz CT molecular complexity index is 770. The first-order chi connectivity index (χ1) is 12.4. The summed E-state index contributed by atoms with van der Waals surface area (Å²) in [6.45, 7) is 8.20. The second-order valence-corrected chi connectivity index (χ2v) is 7.45. The average Bonchev–Trinajstić information content (AvgIpc) is 3.00. The molecular weight excluding hydrogens is 351 g/mol. The van der Waals surface area contributed by atoms with E-state index in [1.165, 1.54) is 28.8 Å². The van der Waals surface area contributed by atoms with Crippen molar-refractivity contribution in [3.8, 4) is 0 Å². The molecule has 0 fully saturated rings. The fourth-order valence-electron chi connectivity index (χ4n) is 2.52. The van der Waals surface area contributed by atoms with Gasteiger partial charge in [-0.05, 0) is 36.8 Å². The molecule has 4 nitrogen and oxygen atoms in total. The molecule has 138 valence electrons. The first-order valence-corrected chi connectivity index (χ1v) is 9.14. The first-order valence-electron chi connectivity index (χ1n) is 8.33. The molecule has 2 aromatic rings. The molecule has 0 saturated heterocycles. The van der Waals surface area contributed by atoms with Crippen LogP contribution < -0.4 is 0 Å². The number of benzene rings is 1. The van der Waals surface area contributed by atoms with Crippen molar-refractivity contribution < 1.29 is 14.0 Å². The molecule has 0 unspecified atom stereocenters. The smallest absolute Gasteiger partial charge is 0.242 e. The monoisotopic (exact) mass is 374 g/mol. The molecule has 0 bridgehead atoms. The topological polar surface area (TPSA) is 40.6 Å². The minimum atomic E-state index is -0.311. The summed E-state index contributed by atoms with van der Waals surface area (Å²) in [5, 5.41) is 0. The molecular formula is C20H23FN2O2S. The van der Waals surface area contributed by atoms with Crippen molar-refractivity contribution in [1.82, 2.24) is 9.80 Å². The maximum Gasteiger partial charge on any atom is 0.242 e. The fraction of sp³-hybridized carbons (Fsp3) is 0.300. The SMILES string of the molecule is C=CCN(CC(=O)N(Cc1ccc(F)cc1)Cc1ccc(C)s1)C(C)=O. The van der Waals surface area contributed by atoms with E-state index < -0.39 is 0 Å². The predicted molar refractivity (Wildman–Crippen MR) is 102 cm³/mol. The molecule has 2 rings (SSSR count). The molecule has 1 aromatic heterocycles. The van der Waals surface area contributed by atoms with E-state index >= 15 is 0 Å². The number of carbonyl (C=O) groups is 2. The number of halogens is 1. The Labute approximate surface area is 157 Å². The standard InChI is InChI=1S/C20H23FN2O2S/c1-4-11-22(16(3)24)14-20(25)23(13-19-10-5-15(2)26-19)12-17-6-8-18(21)9-7-17/h4-10H,1,11-14H2,2-3H3. The number of aryl methyl sites for hydroxylation is 1. The fourth-order valence-corrected chi connectivity index (χ4v) is 3.43. The van der Waals surface area contributed by atoms with Gasteiger partial charge in [0.1, 0.15) is 12.4 Å². The van der Waals surface area contributed by atoms with Crippen LogP contribution in [-0.2, 0) is 22.7 Å². The van der Waals surface area contributed by atoms with E-state index in [0.717, 1.165) is 10.4 Å². The molecule has 1 heterocycles. The van der Waals surface area contributed by atoms with Gasteiger partial charge in [-0.3, -0.25) is 9.59 Å². The molecule has 0 saturated carbocycles. The Balaban J connectivity index is 2.17. The van der Waals surface area contributed by atoms with Gasteiger partial charge in [-0.25, -0.2) is 4.39 Å². The van der Waals surface area contributed by atoms with Gasteiger partial charge in [0.25, 0.3) is 0 Å². The van der Waals surface area contributed by atoms with E-state index in [0.29, 0.717) is 19.6 Å². The van der Waals surface area contributed by atoms with Crippen LogP contribution in [0.3, 0.4) is 0 Å². The maximum atomic E-state index is 13.1. The molecule has 1 aromatic carbocycles. The van der Waals surface area contributed by atoms with Crippen molar-refractivity contribution in [1.29, 1.82) is 0 Å². The highest BCUT2D eigenvalue weighted by Crippen LogP contribution is 2.19. The summed E-state index contributed by atoms with van der Waals surface area (Å²) in [5.74, 6) is -0.640. The zero-order valence-electron chi connectivity index (χ0n) is 15.1. The van der Waals surface area contributed by atoms with Crippen LogP contribution >= 0.6 is 11.3 Å². The summed E-state index contributed by atoms with van der Waals surface area (Å²) < 4.78 is 13.1. The molecule has 0 N–H and O–H groups in total. The van der Waals surface area contributed by atoms with Gasteiger partial charge in [-0.15, -0.1) is 17.9 Å². The minimum Gasteiger partial charge on any atom is -0.332 e. The van der Waals surface area contributed by atoms with Crippen molar-refractivity contribution in [3.63, 3.8) is 0 Å². The van der Waals surface area contributed by atoms with Crippen LogP contribution in [-0.4, -0.2) is 34.7 Å². The van der Waals surface area contributed by atoms with Gasteiger partial charge in [-0.2, -0.15) is 0 Å². The molecule has 0 spiro atoms. The summed E-state index contributed by atoms with van der Waals surface area (Å²) in [7, 11) is 0. The Morgan fingerprint density at radius 1 is 1.12 bits per heavy atom. The number of hydrogen-bond acceptors (Lipinski definition) is 3. The third kappa shape index (κ3) is 5.81. The van der Waals surface area contributed by atoms with Crippen molar-refractivity contribution in [3.05, 3.63) is 70.2 Å². The summed E-state index contributed by atoms with van der Waals surface area (Å²) >= 11 is 1.63. The third-order valence-electron chi connectivity index (χ3n) is 3.90. The Hall–Kier alpha value is -2.47. The Kier molecular flexibility index (Phi) is 7.09. The highest BCUT2D eigenvalue weighted by atomic mass is 32.1. The van der Waals surface area contributed by atoms with E-state index in [1.54, 1.807) is 34.4 Å². The quantitative estimate of drug-likeness (QED) is 0.660. The van der Waals surface area contributed by atoms with Crippen LogP contribution in [0.4, 0.5) is 4.39 Å². The molecule has 0 aliphatic rings. The van der Waals surface area contributed by atoms with Crippen LogP contribution in [0.5, 0.6) is 0 Å². The van der Waals surface area contributed by atoms with Gasteiger partial charge in [-0.1, -0.05) is 18.2 Å². The number of amides is 2. The van der Waals surface area contributed by atoms with E-state index in [-0.39, 0.29) is 24.2 Å². The molecule has 0 radical (unpaired) electrons. The molecule has 0 atom stereocenters. The summed E-state index contributed by atoms with van der Waals surface area (Å²) in [6.07, 6.45) is 1.60. The molecule has 2 amide bonds. The van der Waals surface area contributed by atoms with Crippen LogP contribution in [0, 0.1) is 12.7 Å². The van der Waals surface area contributed by atoms with E-state index in [9.17, 15) is 14.0 Å². The molecule has 0 aliphatic carbocycles. The van der Waals surface area contributed by atoms with Crippen molar-refractivity contribution >= 4 is 23.2 Å². The number of rotatable bonds is 8. The highest BCUT2D eigenvalue weighted by molar-refractivity contribution is 7.11. The lowest BCUT2D eigenvalue weighted by atomic mass is 10.2. The molecule has 0 aliphatic heterocycles. The molecule has 26 heavy (non-hydrogen) atoms. The van der Waals surface area contributed by atoms with Crippen LogP contribution in [0.1, 0.15) is 22.2 Å². The third-order valence-corrected chi connectivity index (χ3v) is 4.89. The van der Waals surface area contributed by atoms with Gasteiger partial charge in [0.05, 0.1) is 6.54 Å². The average molecular weight is 374 g/mol. The lowest BCUT2D eigenvalue weighted by molar-refractivity contribution is -0.139. The summed E-state index contributed by atoms with van der Waals surface area (Å²) in [4.78, 5) is 29.9. The number of nitrogens with zero attached hydrogens (tertiary/aromatic N) is 2. The lowest BCUT2D eigenvalue weighted by Crippen LogP contribution is -2.41. The van der Waals surface area contributed by atoms with Crippen LogP contribution in [0.25, 0.3) is 0 Å². The highest BCUT2D eigenvalue weighted by Gasteiger charge is 2.20. The summed E-state index contributed by atoms with van der Waals surface area (Å²) in [5.41, 5.74) is 0.839. The molecule has 6 heteroatoms. The number of thiophene rings is 1. The van der Waals surface area contributed by atoms with Gasteiger partial charge in [0, 0.05) is 29.8 Å². The lowest BCUT2D eigenvalue weighted by Gasteiger charge is -2.26. The van der Waals surface area contributed by atoms with Gasteiger partial charge in [0.15, 0.2) is 0 Å². The zero-order valence-corrected chi connectivity index (χ0v) is 15.9. The van der Waals surface area contributed by atoms with Crippen molar-refractivity contribution in [2.75, 3.05) is 13.1 Å². The normalized spacial score (nSPS) is 10.4. The predicted octanol–water partition coefficient (Wildman–Crippen LogP) is 3.76. The largest absolute Gasteiger partial charge is 0.332 e. The Morgan fingerprint density at radius 2 is 1.81 bits per heavy atom. The van der Waals surface area contributed by atoms with Crippen LogP contribution in [0.15, 0.2) is 49.1 Å². The first kappa shape index (κ1) is 19.8. The summed E-state index contributed by atoms with van der Waals surface area (Å²) in [6, 6.07) is 10.1. The minimum absolute atomic E-state index is 0.00704. The zero-order chi connectivity index (χ0) is 19.1. The second-order valence-electron chi connectivity index (χ2n) is 6.08. The maximum absolute atomic E-state index is 13.1. The van der Waals surface area contributed by atoms with Gasteiger partial charge in [0.2, 0.25) is 11.8 Å². The van der Waals surface area contributed by atoms with Crippen LogP contribution in [0.2, 0.25) is 0 Å². The van der Waals surface area contributed by atoms with Gasteiger partial charge >= 0.3 is 0 Å².